The molecule has 0 spiro atoms. The molecule has 0 aliphatic carbocycles. The number of halogens is 1. The molecule has 19 heavy (non-hydrogen) atoms. The van der Waals surface area contributed by atoms with E-state index in [-0.39, 0.29) is 12.2 Å². The van der Waals surface area contributed by atoms with Crippen LogP contribution in [0.1, 0.15) is 5.56 Å². The molecule has 3 N–H and O–H groups in total. The van der Waals surface area contributed by atoms with Crippen molar-refractivity contribution in [1.29, 1.82) is 0 Å². The number of urea groups is 1. The van der Waals surface area contributed by atoms with Gasteiger partial charge in [-0.3, -0.25) is 0 Å². The minimum absolute atomic E-state index is 0.0595. The Labute approximate surface area is 109 Å². The highest BCUT2D eigenvalue weighted by molar-refractivity contribution is 5.90. The number of rotatable bonds is 5. The van der Waals surface area contributed by atoms with Crippen LogP contribution in [-0.2, 0) is 9.53 Å². The third-order valence-corrected chi connectivity index (χ3v) is 2.47. The van der Waals surface area contributed by atoms with E-state index in [1.54, 1.807) is 13.0 Å². The number of carbonyl (C=O) groups is 2. The largest absolute Gasteiger partial charge is 0.479 e. The summed E-state index contributed by atoms with van der Waals surface area (Å²) in [6.07, 6.45) is -1.15. The number of carboxylic acid groups (broad SMARTS) is 1. The molecule has 0 fully saturated rings. The van der Waals surface area contributed by atoms with Crippen LogP contribution in [-0.4, -0.2) is 36.9 Å². The van der Waals surface area contributed by atoms with Crippen LogP contribution in [0.15, 0.2) is 18.2 Å². The summed E-state index contributed by atoms with van der Waals surface area (Å²) in [6.45, 7) is 1.43. The second kappa shape index (κ2) is 6.69. The van der Waals surface area contributed by atoms with Crippen LogP contribution < -0.4 is 10.6 Å². The van der Waals surface area contributed by atoms with Gasteiger partial charge in [0.1, 0.15) is 5.82 Å². The van der Waals surface area contributed by atoms with Gasteiger partial charge in [0.05, 0.1) is 12.2 Å². The van der Waals surface area contributed by atoms with E-state index >= 15 is 0 Å². The average molecular weight is 270 g/mol. The molecule has 0 heterocycles. The molecule has 104 valence electrons. The molecular weight excluding hydrogens is 255 g/mol. The van der Waals surface area contributed by atoms with Crippen molar-refractivity contribution < 1.29 is 23.8 Å². The molecule has 1 unspecified atom stereocenters. The summed E-state index contributed by atoms with van der Waals surface area (Å²) < 4.78 is 18.1. The highest BCUT2D eigenvalue weighted by atomic mass is 19.1. The van der Waals surface area contributed by atoms with Gasteiger partial charge in [-0.25, -0.2) is 14.0 Å². The average Bonchev–Trinajstić information content (AvgIpc) is 2.34. The number of para-hydroxylation sites is 1. The third-order valence-electron chi connectivity index (χ3n) is 2.47. The van der Waals surface area contributed by atoms with E-state index in [0.717, 1.165) is 0 Å². The van der Waals surface area contributed by atoms with E-state index in [1.165, 1.54) is 19.2 Å². The number of anilines is 1. The number of aryl methyl sites for hydroxylation is 1. The van der Waals surface area contributed by atoms with Crippen molar-refractivity contribution in [3.05, 3.63) is 29.6 Å². The minimum Gasteiger partial charge on any atom is -0.479 e. The lowest BCUT2D eigenvalue weighted by atomic mass is 10.2. The highest BCUT2D eigenvalue weighted by Crippen LogP contribution is 2.18. The fourth-order valence-corrected chi connectivity index (χ4v) is 1.40. The summed E-state index contributed by atoms with van der Waals surface area (Å²) in [4.78, 5) is 22.2. The lowest BCUT2D eigenvalue weighted by Crippen LogP contribution is -2.40. The fourth-order valence-electron chi connectivity index (χ4n) is 1.40. The molecule has 0 radical (unpaired) electrons. The van der Waals surface area contributed by atoms with Gasteiger partial charge in [-0.15, -0.1) is 0 Å². The number of carboxylic acids is 1. The van der Waals surface area contributed by atoms with Crippen LogP contribution in [0.2, 0.25) is 0 Å². The highest BCUT2D eigenvalue weighted by Gasteiger charge is 2.17. The standard InChI is InChI=1S/C12H15FN2O4/c1-7-4-3-5-8(13)10(7)15-12(18)14-6-9(19-2)11(16)17/h3-5,9H,6H2,1-2H3,(H,16,17)(H2,14,15,18). The molecule has 2 amide bonds. The zero-order valence-electron chi connectivity index (χ0n) is 10.6. The van der Waals surface area contributed by atoms with Gasteiger partial charge in [0.15, 0.2) is 6.10 Å². The van der Waals surface area contributed by atoms with Crippen molar-refractivity contribution >= 4 is 17.7 Å². The first-order valence-electron chi connectivity index (χ1n) is 5.51. The van der Waals surface area contributed by atoms with Crippen molar-refractivity contribution in [2.75, 3.05) is 19.0 Å². The summed E-state index contributed by atoms with van der Waals surface area (Å²) in [5.74, 6) is -1.75. The van der Waals surface area contributed by atoms with Gasteiger partial charge in [-0.1, -0.05) is 12.1 Å². The van der Waals surface area contributed by atoms with Crippen LogP contribution >= 0.6 is 0 Å². The number of ether oxygens (including phenoxy) is 1. The summed E-state index contributed by atoms with van der Waals surface area (Å²) in [7, 11) is 1.22. The lowest BCUT2D eigenvalue weighted by Gasteiger charge is -2.13. The van der Waals surface area contributed by atoms with Gasteiger partial charge in [-0.05, 0) is 18.6 Å². The molecule has 0 aliphatic rings. The normalized spacial score (nSPS) is 11.7. The maximum absolute atomic E-state index is 13.4. The SMILES string of the molecule is COC(CNC(=O)Nc1c(C)cccc1F)C(=O)O. The Morgan fingerprint density at radius 3 is 2.68 bits per heavy atom. The smallest absolute Gasteiger partial charge is 0.334 e. The number of carbonyl (C=O) groups excluding carboxylic acids is 1. The first kappa shape index (κ1) is 14.9. The first-order chi connectivity index (χ1) is 8.95. The molecule has 0 saturated carbocycles. The number of methoxy groups -OCH3 is 1. The molecule has 0 aromatic heterocycles. The Morgan fingerprint density at radius 2 is 2.16 bits per heavy atom. The van der Waals surface area contributed by atoms with E-state index in [9.17, 15) is 14.0 Å². The van der Waals surface area contributed by atoms with Crippen LogP contribution in [0, 0.1) is 12.7 Å². The van der Waals surface area contributed by atoms with Gasteiger partial charge in [-0.2, -0.15) is 0 Å². The quantitative estimate of drug-likeness (QED) is 0.753. The van der Waals surface area contributed by atoms with E-state index in [2.05, 4.69) is 15.4 Å². The van der Waals surface area contributed by atoms with Gasteiger partial charge in [0.2, 0.25) is 0 Å². The van der Waals surface area contributed by atoms with Crippen LogP contribution in [0.5, 0.6) is 0 Å². The van der Waals surface area contributed by atoms with E-state index < -0.39 is 23.9 Å². The van der Waals surface area contributed by atoms with Gasteiger partial charge < -0.3 is 20.5 Å². The monoisotopic (exact) mass is 270 g/mol. The van der Waals surface area contributed by atoms with Crippen molar-refractivity contribution in [3.8, 4) is 0 Å². The summed E-state index contributed by atoms with van der Waals surface area (Å²) in [5, 5.41) is 13.3. The third kappa shape index (κ3) is 4.22. The predicted octanol–water partition coefficient (Wildman–Crippen LogP) is 1.36. The molecule has 0 bridgehead atoms. The van der Waals surface area contributed by atoms with E-state index in [1.807, 2.05) is 0 Å². The molecule has 1 rings (SSSR count). The Bertz CT molecular complexity index is 459. The number of benzene rings is 1. The molecule has 1 atom stereocenters. The molecule has 1 aromatic carbocycles. The Kier molecular flexibility index (Phi) is 5.25. The van der Waals surface area contributed by atoms with Crippen molar-refractivity contribution in [1.82, 2.24) is 5.32 Å². The Morgan fingerprint density at radius 1 is 1.47 bits per heavy atom. The topological polar surface area (TPSA) is 87.7 Å². The van der Waals surface area contributed by atoms with Crippen molar-refractivity contribution in [2.45, 2.75) is 13.0 Å². The fraction of sp³-hybridized carbons (Fsp3) is 0.333. The zero-order valence-corrected chi connectivity index (χ0v) is 10.6. The number of aliphatic carboxylic acids is 1. The Hall–Kier alpha value is -2.15. The maximum atomic E-state index is 13.4. The van der Waals surface area contributed by atoms with Crippen molar-refractivity contribution in [3.63, 3.8) is 0 Å². The van der Waals surface area contributed by atoms with Crippen LogP contribution in [0.25, 0.3) is 0 Å². The second-order valence-electron chi connectivity index (χ2n) is 3.83. The lowest BCUT2D eigenvalue weighted by molar-refractivity contribution is -0.147. The first-order valence-corrected chi connectivity index (χ1v) is 5.51. The molecule has 0 saturated heterocycles. The molecular formula is C12H15FN2O4. The van der Waals surface area contributed by atoms with Crippen molar-refractivity contribution in [2.24, 2.45) is 0 Å². The number of amides is 2. The van der Waals surface area contributed by atoms with Gasteiger partial charge >= 0.3 is 12.0 Å². The zero-order chi connectivity index (χ0) is 14.4. The number of nitrogens with one attached hydrogen (secondary N) is 2. The Balaban J connectivity index is 2.59. The summed E-state index contributed by atoms with van der Waals surface area (Å²) >= 11 is 0. The number of hydrogen-bond donors (Lipinski definition) is 3. The maximum Gasteiger partial charge on any atom is 0.334 e. The second-order valence-corrected chi connectivity index (χ2v) is 3.83. The predicted molar refractivity (Wildman–Crippen MR) is 66.6 cm³/mol. The van der Waals surface area contributed by atoms with Gasteiger partial charge in [0.25, 0.3) is 0 Å². The van der Waals surface area contributed by atoms with E-state index in [0.29, 0.717) is 5.56 Å². The van der Waals surface area contributed by atoms with Crippen LogP contribution in [0.4, 0.5) is 14.9 Å². The van der Waals surface area contributed by atoms with Gasteiger partial charge in [0, 0.05) is 7.11 Å². The summed E-state index contributed by atoms with van der Waals surface area (Å²) in [5.41, 5.74) is 0.626. The van der Waals surface area contributed by atoms with Crippen LogP contribution in [0.3, 0.4) is 0 Å². The molecule has 7 heteroatoms. The molecule has 6 nitrogen and oxygen atoms in total. The minimum atomic E-state index is -1.19. The number of hydrogen-bond acceptors (Lipinski definition) is 3. The summed E-state index contributed by atoms with van der Waals surface area (Å²) in [6, 6.07) is 3.70. The molecule has 0 aliphatic heterocycles. The van der Waals surface area contributed by atoms with E-state index in [4.69, 9.17) is 5.11 Å². The molecule has 1 aromatic rings.